The van der Waals surface area contributed by atoms with Crippen molar-refractivity contribution in [3.63, 3.8) is 0 Å². The third kappa shape index (κ3) is 5.93. The predicted octanol–water partition coefficient (Wildman–Crippen LogP) is 4.81. The first-order chi connectivity index (χ1) is 12.4. The molecule has 5 nitrogen and oxygen atoms in total. The lowest BCUT2D eigenvalue weighted by molar-refractivity contribution is -0.116. The number of carbonyl (C=O) groups excluding carboxylic acids is 2. The predicted molar refractivity (Wildman–Crippen MR) is 118 cm³/mol. The van der Waals surface area contributed by atoms with E-state index in [1.165, 1.54) is 0 Å². The third-order valence-electron chi connectivity index (χ3n) is 3.32. The van der Waals surface area contributed by atoms with Crippen LogP contribution in [0.5, 0.6) is 0 Å². The van der Waals surface area contributed by atoms with Crippen molar-refractivity contribution in [3.8, 4) is 0 Å². The van der Waals surface area contributed by atoms with Crippen LogP contribution >= 0.6 is 46.4 Å². The zero-order valence-corrected chi connectivity index (χ0v) is 17.7. The number of carbonyl (C=O) groups is 2. The van der Waals surface area contributed by atoms with Crippen molar-refractivity contribution in [2.75, 3.05) is 10.6 Å². The topological polar surface area (TPSA) is 70.2 Å². The molecule has 26 heavy (non-hydrogen) atoms. The molecule has 0 bridgehead atoms. The highest BCUT2D eigenvalue weighted by molar-refractivity contribution is 14.1. The summed E-state index contributed by atoms with van der Waals surface area (Å²) in [5, 5.41) is 8.84. The minimum Gasteiger partial charge on any atom is -0.331 e. The van der Waals surface area contributed by atoms with Crippen LogP contribution in [0.25, 0.3) is 0 Å². The number of amides is 2. The highest BCUT2D eigenvalue weighted by Gasteiger charge is 2.12. The maximum atomic E-state index is 12.3. The Labute approximate surface area is 176 Å². The van der Waals surface area contributed by atoms with Crippen LogP contribution in [0.3, 0.4) is 0 Å². The number of benzene rings is 2. The van der Waals surface area contributed by atoms with E-state index in [0.29, 0.717) is 28.4 Å². The summed E-state index contributed by atoms with van der Waals surface area (Å²) in [6, 6.07) is 12.2. The van der Waals surface area contributed by atoms with Crippen molar-refractivity contribution < 1.29 is 9.59 Å². The fraction of sp³-hybridized carbons (Fsp3) is 0.167. The van der Waals surface area contributed by atoms with Crippen molar-refractivity contribution >= 4 is 74.7 Å². The van der Waals surface area contributed by atoms with Gasteiger partial charge in [0, 0.05) is 15.7 Å². The second-order valence-electron chi connectivity index (χ2n) is 5.38. The molecular formula is C18H17ClIN3O2S. The molecule has 3 N–H and O–H groups in total. The zero-order chi connectivity index (χ0) is 19.1. The van der Waals surface area contributed by atoms with E-state index in [2.05, 4.69) is 38.5 Å². The average Bonchev–Trinajstić information content (AvgIpc) is 2.58. The number of nitrogens with one attached hydrogen (secondary N) is 3. The van der Waals surface area contributed by atoms with Gasteiger partial charge in [-0.3, -0.25) is 14.9 Å². The standard InChI is InChI=1S/C18H17ClIN3O2S/c1-2-5-16(24)21-11-8-9-13(19)15(10-11)22-18(26)23-17(25)12-6-3-4-7-14(12)20/h3-4,6-10H,2,5H2,1H3,(H,21,24)(H2,22,23,25,26). The molecule has 0 heterocycles. The van der Waals surface area contributed by atoms with Gasteiger partial charge in [0.15, 0.2) is 5.11 Å². The lowest BCUT2D eigenvalue weighted by Gasteiger charge is -2.13. The summed E-state index contributed by atoms with van der Waals surface area (Å²) >= 11 is 13.5. The van der Waals surface area contributed by atoms with Gasteiger partial charge >= 0.3 is 0 Å². The molecule has 0 aliphatic heterocycles. The summed E-state index contributed by atoms with van der Waals surface area (Å²) in [7, 11) is 0. The van der Waals surface area contributed by atoms with Gasteiger partial charge < -0.3 is 10.6 Å². The molecule has 2 rings (SSSR count). The first-order valence-electron chi connectivity index (χ1n) is 7.87. The number of hydrogen-bond donors (Lipinski definition) is 3. The number of rotatable bonds is 5. The molecule has 0 spiro atoms. The molecule has 0 radical (unpaired) electrons. The largest absolute Gasteiger partial charge is 0.331 e. The average molecular weight is 502 g/mol. The van der Waals surface area contributed by atoms with E-state index in [1.54, 1.807) is 30.3 Å². The maximum absolute atomic E-state index is 12.3. The lowest BCUT2D eigenvalue weighted by Crippen LogP contribution is -2.34. The van der Waals surface area contributed by atoms with Gasteiger partial charge in [-0.15, -0.1) is 0 Å². The minimum absolute atomic E-state index is 0.0738. The molecule has 0 aliphatic carbocycles. The van der Waals surface area contributed by atoms with E-state index in [1.807, 2.05) is 19.1 Å². The van der Waals surface area contributed by atoms with Gasteiger partial charge in [-0.2, -0.15) is 0 Å². The molecule has 0 saturated heterocycles. The van der Waals surface area contributed by atoms with Crippen LogP contribution in [0, 0.1) is 3.57 Å². The molecule has 0 aliphatic rings. The van der Waals surface area contributed by atoms with Gasteiger partial charge in [0.2, 0.25) is 5.91 Å². The van der Waals surface area contributed by atoms with Gasteiger partial charge in [-0.1, -0.05) is 30.7 Å². The number of anilines is 2. The minimum atomic E-state index is -0.309. The molecule has 2 amide bonds. The molecule has 2 aromatic carbocycles. The van der Waals surface area contributed by atoms with Crippen molar-refractivity contribution in [1.29, 1.82) is 0 Å². The molecule has 0 aromatic heterocycles. The lowest BCUT2D eigenvalue weighted by atomic mass is 10.2. The van der Waals surface area contributed by atoms with Crippen molar-refractivity contribution in [2.24, 2.45) is 0 Å². The van der Waals surface area contributed by atoms with Crippen LogP contribution in [0.4, 0.5) is 11.4 Å². The van der Waals surface area contributed by atoms with Gasteiger partial charge in [-0.05, 0) is 71.6 Å². The van der Waals surface area contributed by atoms with Crippen LogP contribution in [0.1, 0.15) is 30.1 Å². The first-order valence-corrected chi connectivity index (χ1v) is 9.73. The Hall–Kier alpha value is -1.71. The molecule has 0 fully saturated rings. The van der Waals surface area contributed by atoms with Gasteiger partial charge in [-0.25, -0.2) is 0 Å². The summed E-state index contributed by atoms with van der Waals surface area (Å²) in [5.74, 6) is -0.383. The van der Waals surface area contributed by atoms with Crippen LogP contribution < -0.4 is 16.0 Å². The summed E-state index contributed by atoms with van der Waals surface area (Å²) in [4.78, 5) is 24.0. The van der Waals surface area contributed by atoms with Crippen molar-refractivity contribution in [2.45, 2.75) is 19.8 Å². The number of hydrogen-bond acceptors (Lipinski definition) is 3. The number of halogens is 2. The van der Waals surface area contributed by atoms with Crippen molar-refractivity contribution in [3.05, 3.63) is 56.6 Å². The third-order valence-corrected chi connectivity index (χ3v) is 4.80. The summed E-state index contributed by atoms with van der Waals surface area (Å²) in [6.07, 6.45) is 1.20. The fourth-order valence-electron chi connectivity index (χ4n) is 2.12. The van der Waals surface area contributed by atoms with Gasteiger partial charge in [0.25, 0.3) is 5.91 Å². The highest BCUT2D eigenvalue weighted by Crippen LogP contribution is 2.25. The monoisotopic (exact) mass is 501 g/mol. The highest BCUT2D eigenvalue weighted by atomic mass is 127. The second-order valence-corrected chi connectivity index (χ2v) is 7.36. The molecular weight excluding hydrogens is 485 g/mol. The maximum Gasteiger partial charge on any atom is 0.258 e. The van der Waals surface area contributed by atoms with Gasteiger partial charge in [0.1, 0.15) is 0 Å². The molecule has 0 atom stereocenters. The van der Waals surface area contributed by atoms with Crippen LogP contribution in [0.2, 0.25) is 5.02 Å². The summed E-state index contributed by atoms with van der Waals surface area (Å²) < 4.78 is 0.823. The smallest absolute Gasteiger partial charge is 0.258 e. The zero-order valence-electron chi connectivity index (χ0n) is 13.9. The Morgan fingerprint density at radius 3 is 2.58 bits per heavy atom. The van der Waals surface area contributed by atoms with E-state index < -0.39 is 0 Å². The first kappa shape index (κ1) is 20.6. The Balaban J connectivity index is 2.05. The van der Waals surface area contributed by atoms with Crippen molar-refractivity contribution in [1.82, 2.24) is 5.32 Å². The molecule has 0 saturated carbocycles. The fourth-order valence-corrected chi connectivity index (χ4v) is 3.12. The Morgan fingerprint density at radius 2 is 1.88 bits per heavy atom. The summed E-state index contributed by atoms with van der Waals surface area (Å²) in [6.45, 7) is 1.93. The van der Waals surface area contributed by atoms with E-state index in [-0.39, 0.29) is 16.9 Å². The second kappa shape index (κ2) is 9.84. The van der Waals surface area contributed by atoms with Crippen LogP contribution in [0.15, 0.2) is 42.5 Å². The summed E-state index contributed by atoms with van der Waals surface area (Å²) in [5.41, 5.74) is 1.63. The van der Waals surface area contributed by atoms with E-state index in [9.17, 15) is 9.59 Å². The Bertz CT molecular complexity index is 845. The SMILES string of the molecule is CCCC(=O)Nc1ccc(Cl)c(NC(=S)NC(=O)c2ccccc2I)c1. The van der Waals surface area contributed by atoms with Crippen LogP contribution in [-0.2, 0) is 4.79 Å². The van der Waals surface area contributed by atoms with Gasteiger partial charge in [0.05, 0.1) is 16.3 Å². The molecule has 0 unspecified atom stereocenters. The Kier molecular flexibility index (Phi) is 7.80. The quantitative estimate of drug-likeness (QED) is 0.406. The molecule has 8 heteroatoms. The number of thiocarbonyl (C=S) groups is 1. The Morgan fingerprint density at radius 1 is 1.15 bits per heavy atom. The molecule has 136 valence electrons. The van der Waals surface area contributed by atoms with E-state index >= 15 is 0 Å². The van der Waals surface area contributed by atoms with Crippen LogP contribution in [-0.4, -0.2) is 16.9 Å². The normalized spacial score (nSPS) is 10.1. The molecule has 2 aromatic rings. The van der Waals surface area contributed by atoms with E-state index in [0.717, 1.165) is 9.99 Å². The van der Waals surface area contributed by atoms with E-state index in [4.69, 9.17) is 23.8 Å².